The number of aliphatic hydroxyl groups is 1. The van der Waals surface area contributed by atoms with Gasteiger partial charge < -0.3 is 14.6 Å². The monoisotopic (exact) mass is 715 g/mol. The maximum atomic E-state index is 12.0. The highest BCUT2D eigenvalue weighted by Gasteiger charge is 2.42. The molecule has 0 aromatic rings. The first kappa shape index (κ1) is 41.2. The smallest absolute Gasteiger partial charge is 0.385 e. The maximum absolute atomic E-state index is 12.0. The Kier molecular flexibility index (Phi) is 19.4. The van der Waals surface area contributed by atoms with E-state index >= 15 is 0 Å². The highest BCUT2D eigenvalue weighted by Crippen LogP contribution is 2.34. The van der Waals surface area contributed by atoms with Crippen molar-refractivity contribution in [2.75, 3.05) is 13.2 Å². The van der Waals surface area contributed by atoms with Gasteiger partial charge in [-0.3, -0.25) is 16.0 Å². The second kappa shape index (κ2) is 25.4. The molecule has 4 fully saturated rings. The molecule has 4 N–H and O–H groups in total. The van der Waals surface area contributed by atoms with Crippen LogP contribution in [0.4, 0.5) is 0 Å². The number of ether oxygens (including phenoxy) is 2. The molecular formula is C47H45N3O4. The van der Waals surface area contributed by atoms with E-state index in [0.717, 1.165) is 12.8 Å². The normalized spacial score (nSPS) is 24.0. The van der Waals surface area contributed by atoms with Crippen LogP contribution in [-0.4, -0.2) is 55.0 Å². The van der Waals surface area contributed by atoms with Gasteiger partial charge in [0, 0.05) is 35.5 Å². The summed E-state index contributed by atoms with van der Waals surface area (Å²) in [7, 11) is 0. The number of rotatable bonds is 7. The molecule has 0 bridgehead atoms. The molecule has 272 valence electrons. The van der Waals surface area contributed by atoms with Crippen molar-refractivity contribution in [1.29, 1.82) is 0 Å². The topological polar surface area (TPSA) is 91.9 Å². The van der Waals surface area contributed by atoms with Gasteiger partial charge in [-0.15, -0.1) is 0 Å². The van der Waals surface area contributed by atoms with Crippen LogP contribution < -0.4 is 16.0 Å². The summed E-state index contributed by atoms with van der Waals surface area (Å²) in [6, 6.07) is 0. The molecule has 0 spiro atoms. The van der Waals surface area contributed by atoms with Gasteiger partial charge in [0.05, 0.1) is 37.3 Å². The van der Waals surface area contributed by atoms with Crippen LogP contribution in [0.1, 0.15) is 90.4 Å². The minimum Gasteiger partial charge on any atom is -0.454 e. The van der Waals surface area contributed by atoms with Gasteiger partial charge in [0.25, 0.3) is 0 Å². The molecular weight excluding hydrogens is 671 g/mol. The van der Waals surface area contributed by atoms with Crippen LogP contribution in [0.3, 0.4) is 0 Å². The van der Waals surface area contributed by atoms with E-state index in [1.54, 1.807) is 6.92 Å². The molecule has 1 aliphatic heterocycles. The first-order chi connectivity index (χ1) is 26.6. The van der Waals surface area contributed by atoms with Crippen LogP contribution in [0.25, 0.3) is 0 Å². The molecule has 0 aromatic carbocycles. The van der Waals surface area contributed by atoms with Gasteiger partial charge in [-0.1, -0.05) is 44.4 Å². The molecule has 1 saturated heterocycles. The fourth-order valence-electron chi connectivity index (χ4n) is 7.22. The fraction of sp³-hybridized carbons (Fsp3) is 0.511. The number of nitrogens with one attached hydrogen (secondary N) is 3. The molecule has 4 rings (SSSR count). The lowest BCUT2D eigenvalue weighted by Gasteiger charge is -2.50. The van der Waals surface area contributed by atoms with E-state index in [0.29, 0.717) is 18.3 Å². The predicted molar refractivity (Wildman–Crippen MR) is 209 cm³/mol. The zero-order valence-corrected chi connectivity index (χ0v) is 30.9. The lowest BCUT2D eigenvalue weighted by Crippen LogP contribution is -2.73. The highest BCUT2D eigenvalue weighted by molar-refractivity contribution is 5.89. The van der Waals surface area contributed by atoms with E-state index < -0.39 is 12.1 Å². The molecule has 4 aliphatic rings. The summed E-state index contributed by atoms with van der Waals surface area (Å²) < 4.78 is 11.1. The quantitative estimate of drug-likeness (QED) is 0.140. The molecule has 5 unspecified atom stereocenters. The summed E-state index contributed by atoms with van der Waals surface area (Å²) in [5.74, 6) is 55.9. The van der Waals surface area contributed by atoms with E-state index in [1.807, 2.05) is 0 Å². The molecule has 3 saturated carbocycles. The van der Waals surface area contributed by atoms with Crippen molar-refractivity contribution < 1.29 is 19.4 Å². The molecule has 1 heterocycles. The molecule has 54 heavy (non-hydrogen) atoms. The van der Waals surface area contributed by atoms with E-state index in [-0.39, 0.29) is 43.7 Å². The lowest BCUT2D eigenvalue weighted by molar-refractivity contribution is -0.139. The third-order valence-corrected chi connectivity index (χ3v) is 9.72. The van der Waals surface area contributed by atoms with E-state index in [1.165, 1.54) is 64.2 Å². The van der Waals surface area contributed by atoms with Gasteiger partial charge in [-0.2, -0.15) is 0 Å². The second-order valence-electron chi connectivity index (χ2n) is 13.3. The van der Waals surface area contributed by atoms with E-state index in [2.05, 4.69) is 146 Å². The third kappa shape index (κ3) is 16.0. The highest BCUT2D eigenvalue weighted by atomic mass is 16.6. The standard InChI is InChI=1S/C47H45N3O4/c1-2-3-4-5-6-7-8-9-10-11-12-13-14-15-16-17-18-19-20-21-28-33-44(52)54-37-36-53-41-34-35-42(43(51)38-41)47-49-45(39-29-24-22-25-30-39)48-46(50-47)40-31-26-23-27-32-40/h39-43,45-51H,22-27,29-32,34-38H2,1H3. The van der Waals surface area contributed by atoms with Gasteiger partial charge in [-0.25, -0.2) is 4.79 Å². The van der Waals surface area contributed by atoms with Crippen LogP contribution in [-0.2, 0) is 14.3 Å². The average molecular weight is 716 g/mol. The van der Waals surface area contributed by atoms with Crippen molar-refractivity contribution >= 4 is 5.97 Å². The summed E-state index contributed by atoms with van der Waals surface area (Å²) in [5, 5.41) is 23.0. The Hall–Kier alpha value is -5.57. The Labute approximate surface area is 322 Å². The zero-order valence-electron chi connectivity index (χ0n) is 30.9. The van der Waals surface area contributed by atoms with E-state index in [4.69, 9.17) is 9.47 Å². The predicted octanol–water partition coefficient (Wildman–Crippen LogP) is 3.05. The summed E-state index contributed by atoms with van der Waals surface area (Å²) in [5.41, 5.74) is 0. The minimum atomic E-state index is -0.697. The Morgan fingerprint density at radius 3 is 1.41 bits per heavy atom. The SMILES string of the molecule is CC#CC#CC#CC#CC#CC#CC#CC#CC#CC#CC#CC(=O)OCCOC1CCC(C2NC(C3CCCCC3)NC(C3CCCCC3)N2)C(O)C1. The first-order valence-electron chi connectivity index (χ1n) is 18.8. The maximum Gasteiger partial charge on any atom is 0.385 e. The van der Waals surface area contributed by atoms with Gasteiger partial charge in [0.15, 0.2) is 0 Å². The Bertz CT molecular complexity index is 1990. The van der Waals surface area contributed by atoms with Crippen molar-refractivity contribution in [3.63, 3.8) is 0 Å². The molecule has 7 heteroatoms. The van der Waals surface area contributed by atoms with Gasteiger partial charge >= 0.3 is 5.97 Å². The average Bonchev–Trinajstić information content (AvgIpc) is 3.20. The second-order valence-corrected chi connectivity index (χ2v) is 13.3. The molecule has 5 atom stereocenters. The minimum absolute atomic E-state index is 0.0725. The Morgan fingerprint density at radius 1 is 0.537 bits per heavy atom. The zero-order chi connectivity index (χ0) is 37.9. The summed E-state index contributed by atoms with van der Waals surface area (Å²) in [6.07, 6.45) is 15.3. The molecule has 0 aromatic heterocycles. The van der Waals surface area contributed by atoms with Crippen molar-refractivity contribution in [2.45, 2.75) is 121 Å². The largest absolute Gasteiger partial charge is 0.454 e. The Balaban J connectivity index is 1.11. The number of esters is 1. The molecule has 0 amide bonds. The number of hydrogen-bond acceptors (Lipinski definition) is 7. The Morgan fingerprint density at radius 2 is 0.963 bits per heavy atom. The first-order valence-corrected chi connectivity index (χ1v) is 18.8. The molecule has 0 radical (unpaired) electrons. The number of carbonyl (C=O) groups excluding carboxylic acids is 1. The van der Waals surface area contributed by atoms with Gasteiger partial charge in [0.1, 0.15) is 6.61 Å². The van der Waals surface area contributed by atoms with Crippen molar-refractivity contribution in [1.82, 2.24) is 16.0 Å². The van der Waals surface area contributed by atoms with Crippen molar-refractivity contribution in [3.8, 4) is 130 Å². The summed E-state index contributed by atoms with van der Waals surface area (Å²) in [4.78, 5) is 12.0. The van der Waals surface area contributed by atoms with E-state index in [9.17, 15) is 9.90 Å². The lowest BCUT2D eigenvalue weighted by atomic mass is 9.79. The molecule has 7 nitrogen and oxygen atoms in total. The van der Waals surface area contributed by atoms with Crippen LogP contribution >= 0.6 is 0 Å². The third-order valence-electron chi connectivity index (χ3n) is 9.72. The fourth-order valence-corrected chi connectivity index (χ4v) is 7.22. The summed E-state index contributed by atoms with van der Waals surface area (Å²) in [6.45, 7) is 2.00. The van der Waals surface area contributed by atoms with Gasteiger partial charge in [0.2, 0.25) is 0 Å². The van der Waals surface area contributed by atoms with Gasteiger partial charge in [-0.05, 0) is 158 Å². The number of carbonyl (C=O) groups is 1. The van der Waals surface area contributed by atoms with Crippen LogP contribution in [0.15, 0.2) is 0 Å². The molecule has 3 aliphatic carbocycles. The van der Waals surface area contributed by atoms with Crippen molar-refractivity contribution in [2.24, 2.45) is 17.8 Å². The van der Waals surface area contributed by atoms with Crippen molar-refractivity contribution in [3.05, 3.63) is 0 Å². The van der Waals surface area contributed by atoms with Crippen LogP contribution in [0.5, 0.6) is 0 Å². The number of hydrogen-bond donors (Lipinski definition) is 4. The number of aliphatic hydroxyl groups excluding tert-OH is 1. The van der Waals surface area contributed by atoms with Crippen LogP contribution in [0.2, 0.25) is 0 Å². The summed E-state index contributed by atoms with van der Waals surface area (Å²) >= 11 is 0. The van der Waals surface area contributed by atoms with Crippen LogP contribution in [0, 0.1) is 148 Å².